The lowest BCUT2D eigenvalue weighted by Crippen LogP contribution is -2.39. The molecule has 1 heterocycles. The highest BCUT2D eigenvalue weighted by Crippen LogP contribution is 2.44. The molecule has 110 valence electrons. The van der Waals surface area contributed by atoms with Crippen LogP contribution in [0.1, 0.15) is 38.4 Å². The van der Waals surface area contributed by atoms with Crippen molar-refractivity contribution in [3.05, 3.63) is 5.82 Å². The van der Waals surface area contributed by atoms with Crippen molar-refractivity contribution in [3.8, 4) is 0 Å². The Balaban J connectivity index is 1.49. The van der Waals surface area contributed by atoms with Crippen LogP contribution in [0, 0.1) is 18.8 Å². The average Bonchev–Trinajstić information content (AvgIpc) is 3.11. The lowest BCUT2D eigenvalue weighted by Gasteiger charge is -2.22. The first-order valence-electron chi connectivity index (χ1n) is 7.49. The fourth-order valence-electron chi connectivity index (χ4n) is 3.63. The molecule has 5 nitrogen and oxygen atoms in total. The molecule has 0 unspecified atom stereocenters. The molecule has 1 amide bonds. The zero-order chi connectivity index (χ0) is 14.1. The van der Waals surface area contributed by atoms with E-state index in [9.17, 15) is 4.79 Å². The molecule has 2 fully saturated rings. The number of amides is 1. The van der Waals surface area contributed by atoms with Gasteiger partial charge in [-0.2, -0.15) is 0 Å². The minimum Gasteiger partial charge on any atom is -0.352 e. The van der Waals surface area contributed by atoms with E-state index in [1.54, 1.807) is 0 Å². The molecule has 1 N–H and O–H groups in total. The van der Waals surface area contributed by atoms with Gasteiger partial charge in [-0.05, 0) is 44.9 Å². The number of thioether (sulfide) groups is 1. The summed E-state index contributed by atoms with van der Waals surface area (Å²) in [5, 5.41) is 12.2. The second-order valence-electron chi connectivity index (χ2n) is 5.91. The lowest BCUT2D eigenvalue weighted by atomic mass is 9.95. The van der Waals surface area contributed by atoms with Crippen molar-refractivity contribution in [2.45, 2.75) is 57.3 Å². The maximum Gasteiger partial charge on any atom is 0.230 e. The van der Waals surface area contributed by atoms with Gasteiger partial charge in [0.05, 0.1) is 5.75 Å². The number of aromatic nitrogens is 3. The summed E-state index contributed by atoms with van der Waals surface area (Å²) in [7, 11) is 0. The van der Waals surface area contributed by atoms with Gasteiger partial charge in [0.2, 0.25) is 5.91 Å². The Morgan fingerprint density at radius 1 is 1.40 bits per heavy atom. The lowest BCUT2D eigenvalue weighted by molar-refractivity contribution is -0.119. The molecule has 2 aliphatic carbocycles. The minimum atomic E-state index is 0.135. The Kier molecular flexibility index (Phi) is 4.01. The molecule has 0 radical (unpaired) electrons. The minimum absolute atomic E-state index is 0.135. The summed E-state index contributed by atoms with van der Waals surface area (Å²) < 4.78 is 2.04. The van der Waals surface area contributed by atoms with Crippen molar-refractivity contribution in [2.24, 2.45) is 11.8 Å². The number of hydrogen-bond acceptors (Lipinski definition) is 4. The van der Waals surface area contributed by atoms with Crippen LogP contribution in [0.5, 0.6) is 0 Å². The molecule has 1 aromatic rings. The Morgan fingerprint density at radius 3 is 2.90 bits per heavy atom. The number of carbonyl (C=O) groups excluding carboxylic acids is 1. The van der Waals surface area contributed by atoms with Gasteiger partial charge in [-0.25, -0.2) is 0 Å². The molecular formula is C14H22N4OS. The van der Waals surface area contributed by atoms with E-state index in [4.69, 9.17) is 0 Å². The van der Waals surface area contributed by atoms with Gasteiger partial charge in [0.1, 0.15) is 5.82 Å². The van der Waals surface area contributed by atoms with Gasteiger partial charge in [0, 0.05) is 12.6 Å². The molecule has 0 saturated heterocycles. The third kappa shape index (κ3) is 2.71. The molecular weight excluding hydrogens is 272 g/mol. The standard InChI is InChI=1S/C14H22N4OS/c1-3-18-9(2)16-17-14(18)20-8-13(19)15-12-7-10-4-5-11(12)6-10/h10-12H,3-8H2,1-2H3,(H,15,19)/t10-,11-,12-/m0/s1. The van der Waals surface area contributed by atoms with Crippen LogP contribution in [-0.2, 0) is 11.3 Å². The number of nitrogens with one attached hydrogen (secondary N) is 1. The Hall–Kier alpha value is -1.04. The predicted octanol–water partition coefficient (Wildman–Crippen LogP) is 2.00. The van der Waals surface area contributed by atoms with Gasteiger partial charge in [-0.3, -0.25) is 4.79 Å². The van der Waals surface area contributed by atoms with Crippen LogP contribution in [0.3, 0.4) is 0 Å². The summed E-state index contributed by atoms with van der Waals surface area (Å²) in [6.45, 7) is 4.85. The third-order valence-corrected chi connectivity index (χ3v) is 5.60. The summed E-state index contributed by atoms with van der Waals surface area (Å²) in [5.74, 6) is 3.07. The highest BCUT2D eigenvalue weighted by atomic mass is 32.2. The Bertz CT molecular complexity index is 501. The molecule has 6 heteroatoms. The van der Waals surface area contributed by atoms with Crippen LogP contribution in [0.15, 0.2) is 5.16 Å². The van der Waals surface area contributed by atoms with Crippen molar-refractivity contribution in [3.63, 3.8) is 0 Å². The van der Waals surface area contributed by atoms with Crippen molar-refractivity contribution in [2.75, 3.05) is 5.75 Å². The van der Waals surface area contributed by atoms with Gasteiger partial charge >= 0.3 is 0 Å². The topological polar surface area (TPSA) is 59.8 Å². The Morgan fingerprint density at radius 2 is 2.25 bits per heavy atom. The van der Waals surface area contributed by atoms with Gasteiger partial charge in [-0.1, -0.05) is 18.2 Å². The highest BCUT2D eigenvalue weighted by Gasteiger charge is 2.39. The maximum absolute atomic E-state index is 12.1. The first kappa shape index (κ1) is 13.9. The third-order valence-electron chi connectivity index (χ3n) is 4.63. The Labute approximate surface area is 123 Å². The van der Waals surface area contributed by atoms with Crippen molar-refractivity contribution in [1.82, 2.24) is 20.1 Å². The highest BCUT2D eigenvalue weighted by molar-refractivity contribution is 7.99. The van der Waals surface area contributed by atoms with Gasteiger partial charge < -0.3 is 9.88 Å². The molecule has 3 atom stereocenters. The number of aryl methyl sites for hydroxylation is 1. The molecule has 0 aromatic carbocycles. The van der Waals surface area contributed by atoms with Crippen molar-refractivity contribution in [1.29, 1.82) is 0 Å². The van der Waals surface area contributed by atoms with Crippen LogP contribution in [0.2, 0.25) is 0 Å². The van der Waals surface area contributed by atoms with Gasteiger partial charge in [0.15, 0.2) is 5.16 Å². The fourth-order valence-corrected chi connectivity index (χ4v) is 4.49. The smallest absolute Gasteiger partial charge is 0.230 e. The number of nitrogens with zero attached hydrogens (tertiary/aromatic N) is 3. The SMILES string of the molecule is CCn1c(C)nnc1SCC(=O)N[C@H]1C[C@H]2CC[C@H]1C2. The van der Waals surface area contributed by atoms with E-state index in [1.165, 1.54) is 37.4 Å². The number of carbonyl (C=O) groups is 1. The predicted molar refractivity (Wildman–Crippen MR) is 78.5 cm³/mol. The summed E-state index contributed by atoms with van der Waals surface area (Å²) in [6.07, 6.45) is 5.17. The molecule has 2 bridgehead atoms. The molecule has 3 rings (SSSR count). The van der Waals surface area contributed by atoms with Gasteiger partial charge in [0.25, 0.3) is 0 Å². The number of rotatable bonds is 5. The van der Waals surface area contributed by atoms with E-state index in [0.29, 0.717) is 11.8 Å². The average molecular weight is 294 g/mol. The fraction of sp³-hybridized carbons (Fsp3) is 0.786. The van der Waals surface area contributed by atoms with E-state index in [2.05, 4.69) is 22.4 Å². The van der Waals surface area contributed by atoms with E-state index < -0.39 is 0 Å². The van der Waals surface area contributed by atoms with E-state index >= 15 is 0 Å². The molecule has 0 aliphatic heterocycles. The number of hydrogen-bond donors (Lipinski definition) is 1. The molecule has 0 spiro atoms. The first-order valence-corrected chi connectivity index (χ1v) is 8.48. The first-order chi connectivity index (χ1) is 9.67. The monoisotopic (exact) mass is 294 g/mol. The number of fused-ring (bicyclic) bond motifs is 2. The van der Waals surface area contributed by atoms with Crippen LogP contribution < -0.4 is 5.32 Å². The summed E-state index contributed by atoms with van der Waals surface area (Å²) in [4.78, 5) is 12.1. The van der Waals surface area contributed by atoms with Crippen molar-refractivity contribution >= 4 is 17.7 Å². The molecule has 1 aromatic heterocycles. The normalized spacial score (nSPS) is 28.0. The van der Waals surface area contributed by atoms with E-state index in [1.807, 2.05) is 11.5 Å². The zero-order valence-corrected chi connectivity index (χ0v) is 12.9. The molecule has 20 heavy (non-hydrogen) atoms. The quantitative estimate of drug-likeness (QED) is 0.844. The summed E-state index contributed by atoms with van der Waals surface area (Å²) in [5.41, 5.74) is 0. The van der Waals surface area contributed by atoms with Crippen LogP contribution >= 0.6 is 11.8 Å². The van der Waals surface area contributed by atoms with Crippen LogP contribution in [0.25, 0.3) is 0 Å². The zero-order valence-electron chi connectivity index (χ0n) is 12.1. The van der Waals surface area contributed by atoms with Crippen molar-refractivity contribution < 1.29 is 4.79 Å². The van der Waals surface area contributed by atoms with Gasteiger partial charge in [-0.15, -0.1) is 10.2 Å². The second kappa shape index (κ2) is 5.76. The van der Waals surface area contributed by atoms with E-state index in [0.717, 1.165) is 29.4 Å². The summed E-state index contributed by atoms with van der Waals surface area (Å²) in [6, 6.07) is 0.424. The largest absolute Gasteiger partial charge is 0.352 e. The van der Waals surface area contributed by atoms with E-state index in [-0.39, 0.29) is 5.91 Å². The van der Waals surface area contributed by atoms with Crippen LogP contribution in [0.4, 0.5) is 0 Å². The second-order valence-corrected chi connectivity index (χ2v) is 6.85. The van der Waals surface area contributed by atoms with Crippen LogP contribution in [-0.4, -0.2) is 32.5 Å². The maximum atomic E-state index is 12.1. The molecule has 2 aliphatic rings. The summed E-state index contributed by atoms with van der Waals surface area (Å²) >= 11 is 1.48. The molecule has 2 saturated carbocycles.